The lowest BCUT2D eigenvalue weighted by atomic mass is 9.73. The lowest BCUT2D eigenvalue weighted by molar-refractivity contribution is -0.0385. The highest BCUT2D eigenvalue weighted by molar-refractivity contribution is 9.10. The summed E-state index contributed by atoms with van der Waals surface area (Å²) in [7, 11) is 0. The number of fused-ring (bicyclic) bond motifs is 1. The summed E-state index contributed by atoms with van der Waals surface area (Å²) in [6.45, 7) is 0. The summed E-state index contributed by atoms with van der Waals surface area (Å²) in [5.41, 5.74) is 7.39. The van der Waals surface area contributed by atoms with Gasteiger partial charge in [-0.05, 0) is 54.1 Å². The van der Waals surface area contributed by atoms with Crippen molar-refractivity contribution >= 4 is 31.9 Å². The highest BCUT2D eigenvalue weighted by Crippen LogP contribution is 2.68. The predicted molar refractivity (Wildman–Crippen MR) is 132 cm³/mol. The molecule has 3 heteroatoms. The van der Waals surface area contributed by atoms with Crippen molar-refractivity contribution in [2.45, 2.75) is 20.9 Å². The summed E-state index contributed by atoms with van der Waals surface area (Å²) in [6, 6.07) is 38.8. The molecule has 6 rings (SSSR count). The maximum atomic E-state index is 7.12. The molecule has 0 saturated heterocycles. The van der Waals surface area contributed by atoms with Gasteiger partial charge in [-0.25, -0.2) is 0 Å². The number of benzene rings is 4. The van der Waals surface area contributed by atoms with Crippen LogP contribution in [0.2, 0.25) is 0 Å². The van der Waals surface area contributed by atoms with Gasteiger partial charge in [-0.2, -0.15) is 0 Å². The van der Waals surface area contributed by atoms with Gasteiger partial charge in [0.2, 0.25) is 0 Å². The van der Waals surface area contributed by atoms with Crippen LogP contribution < -0.4 is 0 Å². The van der Waals surface area contributed by atoms with Gasteiger partial charge in [0.25, 0.3) is 0 Å². The van der Waals surface area contributed by atoms with Crippen LogP contribution in [0.4, 0.5) is 0 Å². The van der Waals surface area contributed by atoms with E-state index in [0.29, 0.717) is 0 Å². The molecule has 0 radical (unpaired) electrons. The summed E-state index contributed by atoms with van der Waals surface area (Å²) in [5.74, 6) is -0.00151. The second-order valence-electron chi connectivity index (χ2n) is 8.25. The topological polar surface area (TPSA) is 9.23 Å². The van der Waals surface area contributed by atoms with Crippen molar-refractivity contribution in [1.29, 1.82) is 0 Å². The van der Waals surface area contributed by atoms with Crippen molar-refractivity contribution in [2.75, 3.05) is 0 Å². The molecule has 0 saturated carbocycles. The van der Waals surface area contributed by atoms with Gasteiger partial charge in [-0.1, -0.05) is 109 Å². The zero-order valence-electron chi connectivity index (χ0n) is 16.7. The van der Waals surface area contributed by atoms with Crippen molar-refractivity contribution < 1.29 is 4.74 Å². The molecule has 4 atom stereocenters. The predicted octanol–water partition coefficient (Wildman–Crippen LogP) is 7.79. The Morgan fingerprint density at radius 2 is 0.839 bits per heavy atom. The molecule has 4 aromatic carbocycles. The summed E-state index contributed by atoms with van der Waals surface area (Å²) in [4.78, 5) is 0. The van der Waals surface area contributed by atoms with E-state index in [1.165, 1.54) is 33.4 Å². The first-order chi connectivity index (χ1) is 15.1. The summed E-state index contributed by atoms with van der Waals surface area (Å²) in [5, 5.41) is 0. The fourth-order valence-electron chi connectivity index (χ4n) is 5.35. The maximum absolute atomic E-state index is 7.12. The van der Waals surface area contributed by atoms with Crippen LogP contribution in [0, 0.1) is 0 Å². The van der Waals surface area contributed by atoms with Crippen molar-refractivity contribution in [3.8, 4) is 0 Å². The van der Waals surface area contributed by atoms with Crippen molar-refractivity contribution in [2.24, 2.45) is 0 Å². The summed E-state index contributed by atoms with van der Waals surface area (Å²) in [6.07, 6.45) is 0. The second kappa shape index (κ2) is 7.16. The number of halogens is 2. The molecule has 0 amide bonds. The van der Waals surface area contributed by atoms with Gasteiger partial charge in [0.15, 0.2) is 9.02 Å². The van der Waals surface area contributed by atoms with Gasteiger partial charge in [0.1, 0.15) is 0 Å². The fourth-order valence-corrected chi connectivity index (χ4v) is 7.79. The molecule has 152 valence electrons. The monoisotopic (exact) mass is 530 g/mol. The van der Waals surface area contributed by atoms with Crippen LogP contribution >= 0.6 is 31.9 Å². The zero-order chi connectivity index (χ0) is 21.1. The molecule has 1 aliphatic carbocycles. The molecule has 4 aromatic rings. The Balaban J connectivity index is 1.74. The Kier molecular flexibility index (Phi) is 4.50. The SMILES string of the molecule is Br[C@]12O[C@](Br)(c3ccccc31)[C@H](c1ccccc1)c1ccccc1[C@H]2c1ccccc1. The molecule has 31 heavy (non-hydrogen) atoms. The lowest BCUT2D eigenvalue weighted by Gasteiger charge is -2.34. The molecule has 0 fully saturated rings. The van der Waals surface area contributed by atoms with E-state index in [9.17, 15) is 0 Å². The number of ether oxygens (including phenoxy) is 1. The van der Waals surface area contributed by atoms with Crippen LogP contribution in [0.25, 0.3) is 0 Å². The molecular formula is C28H20Br2O. The molecule has 2 bridgehead atoms. The second-order valence-corrected chi connectivity index (χ2v) is 10.6. The maximum Gasteiger partial charge on any atom is 0.161 e. The first-order valence-corrected chi connectivity index (χ1v) is 12.1. The molecule has 1 nitrogen and oxygen atoms in total. The number of hydrogen-bond donors (Lipinski definition) is 0. The van der Waals surface area contributed by atoms with Gasteiger partial charge in [0, 0.05) is 11.1 Å². The highest BCUT2D eigenvalue weighted by atomic mass is 79.9. The van der Waals surface area contributed by atoms with Crippen LogP contribution in [0.5, 0.6) is 0 Å². The van der Waals surface area contributed by atoms with E-state index in [0.717, 1.165) is 0 Å². The largest absolute Gasteiger partial charge is 0.335 e. The smallest absolute Gasteiger partial charge is 0.161 e. The Morgan fingerprint density at radius 3 is 1.26 bits per heavy atom. The van der Waals surface area contributed by atoms with Gasteiger partial charge in [0.05, 0.1) is 11.8 Å². The molecule has 0 aromatic heterocycles. The summed E-state index contributed by atoms with van der Waals surface area (Å²) >= 11 is 8.28. The standard InChI is InChI=1S/C28H20Br2O/c29-27-23-17-9-10-18-24(23)28(30,31-27)26(20-13-5-2-6-14-20)22-16-8-7-15-21(22)25(27)19-11-3-1-4-12-19/h1-18,25-26H/t25-,26-,27-,28+/m1/s1. The number of hydrogen-bond acceptors (Lipinski definition) is 1. The number of rotatable bonds is 2. The van der Waals surface area contributed by atoms with Crippen LogP contribution in [-0.4, -0.2) is 0 Å². The van der Waals surface area contributed by atoms with Crippen molar-refractivity contribution in [1.82, 2.24) is 0 Å². The van der Waals surface area contributed by atoms with Crippen LogP contribution in [-0.2, 0) is 13.8 Å². The highest BCUT2D eigenvalue weighted by Gasteiger charge is 2.61. The van der Waals surface area contributed by atoms with Crippen molar-refractivity contribution in [3.63, 3.8) is 0 Å². The van der Waals surface area contributed by atoms with Gasteiger partial charge in [-0.15, -0.1) is 0 Å². The van der Waals surface area contributed by atoms with Crippen LogP contribution in [0.1, 0.15) is 45.2 Å². The van der Waals surface area contributed by atoms with E-state index >= 15 is 0 Å². The molecule has 0 unspecified atom stereocenters. The van der Waals surface area contributed by atoms with E-state index in [1.807, 2.05) is 0 Å². The van der Waals surface area contributed by atoms with E-state index < -0.39 is 9.02 Å². The zero-order valence-corrected chi connectivity index (χ0v) is 19.9. The average Bonchev–Trinajstić information content (AvgIpc) is 2.99. The van der Waals surface area contributed by atoms with E-state index in [1.54, 1.807) is 0 Å². The van der Waals surface area contributed by atoms with E-state index in [2.05, 4.69) is 141 Å². The third-order valence-corrected chi connectivity index (χ3v) is 8.68. The van der Waals surface area contributed by atoms with Crippen LogP contribution in [0.15, 0.2) is 109 Å². The minimum absolute atomic E-state index is 0.000753. The average molecular weight is 532 g/mol. The fraction of sp³-hybridized carbons (Fsp3) is 0.143. The first kappa shape index (κ1) is 19.5. The van der Waals surface area contributed by atoms with Gasteiger partial charge >= 0.3 is 0 Å². The first-order valence-electron chi connectivity index (χ1n) is 10.5. The van der Waals surface area contributed by atoms with E-state index in [-0.39, 0.29) is 11.8 Å². The molecule has 2 aliphatic rings. The third-order valence-electron chi connectivity index (χ3n) is 6.59. The molecule has 0 spiro atoms. The quantitative estimate of drug-likeness (QED) is 0.240. The Hall–Kier alpha value is -2.20. The number of alkyl halides is 2. The molecule has 1 heterocycles. The Morgan fingerprint density at radius 1 is 0.484 bits per heavy atom. The van der Waals surface area contributed by atoms with Crippen LogP contribution in [0.3, 0.4) is 0 Å². The lowest BCUT2D eigenvalue weighted by Crippen LogP contribution is -2.30. The Labute approximate surface area is 199 Å². The van der Waals surface area contributed by atoms with E-state index in [4.69, 9.17) is 4.74 Å². The minimum atomic E-state index is -0.686. The normalized spacial score (nSPS) is 28.5. The molecular weight excluding hydrogens is 512 g/mol. The van der Waals surface area contributed by atoms with Gasteiger partial charge in [-0.3, -0.25) is 0 Å². The molecule has 0 N–H and O–H groups in total. The minimum Gasteiger partial charge on any atom is -0.335 e. The summed E-state index contributed by atoms with van der Waals surface area (Å²) < 4.78 is 5.74. The Bertz CT molecular complexity index is 1160. The van der Waals surface area contributed by atoms with Crippen molar-refractivity contribution in [3.05, 3.63) is 143 Å². The van der Waals surface area contributed by atoms with Gasteiger partial charge < -0.3 is 4.74 Å². The molecule has 1 aliphatic heterocycles. The third kappa shape index (κ3) is 2.77.